The van der Waals surface area contributed by atoms with Crippen LogP contribution in [0.4, 0.5) is 5.95 Å². The monoisotopic (exact) mass is 401 g/mol. The van der Waals surface area contributed by atoms with Gasteiger partial charge in [0.15, 0.2) is 0 Å². The van der Waals surface area contributed by atoms with Crippen molar-refractivity contribution in [1.82, 2.24) is 19.4 Å². The average Bonchev–Trinajstić information content (AvgIpc) is 3.19. The number of pyridine rings is 1. The topological polar surface area (TPSA) is 54.3 Å². The molecule has 30 heavy (non-hydrogen) atoms. The molecule has 0 saturated carbocycles. The largest absolute Gasteiger partial charge is 0.338 e. The minimum atomic E-state index is -0.0203. The zero-order valence-electron chi connectivity index (χ0n) is 17.3. The predicted molar refractivity (Wildman–Crippen MR) is 118 cm³/mol. The maximum absolute atomic E-state index is 12.7. The van der Waals surface area contributed by atoms with Gasteiger partial charge >= 0.3 is 0 Å². The van der Waals surface area contributed by atoms with Crippen molar-refractivity contribution >= 4 is 5.95 Å². The lowest BCUT2D eigenvalue weighted by Gasteiger charge is -2.38. The molecular weight excluding hydrogens is 374 g/mol. The van der Waals surface area contributed by atoms with Crippen LogP contribution in [0.2, 0.25) is 0 Å². The minimum absolute atomic E-state index is 0.0203. The first-order valence-electron chi connectivity index (χ1n) is 10.7. The third-order valence-electron chi connectivity index (χ3n) is 6.45. The number of hydrogen-bond donors (Lipinski definition) is 0. The number of rotatable bonds is 4. The summed E-state index contributed by atoms with van der Waals surface area (Å²) in [4.78, 5) is 26.7. The van der Waals surface area contributed by atoms with Crippen LogP contribution in [0.5, 0.6) is 0 Å². The Hall–Kier alpha value is -2.99. The summed E-state index contributed by atoms with van der Waals surface area (Å²) in [6, 6.07) is 16.5. The summed E-state index contributed by atoms with van der Waals surface area (Å²) in [6.07, 6.45) is 5.85. The second-order valence-electron chi connectivity index (χ2n) is 8.42. The fourth-order valence-electron chi connectivity index (χ4n) is 4.94. The van der Waals surface area contributed by atoms with E-state index in [4.69, 9.17) is 4.98 Å². The molecule has 2 aliphatic rings. The van der Waals surface area contributed by atoms with Crippen LogP contribution in [0.3, 0.4) is 0 Å². The second-order valence-corrected chi connectivity index (χ2v) is 8.42. The first kappa shape index (κ1) is 19.0. The lowest BCUT2D eigenvalue weighted by Crippen LogP contribution is -2.47. The lowest BCUT2D eigenvalue weighted by atomic mass is 9.92. The molecule has 0 spiro atoms. The van der Waals surface area contributed by atoms with Crippen LogP contribution in [0.1, 0.15) is 18.4 Å². The van der Waals surface area contributed by atoms with Crippen molar-refractivity contribution in [2.45, 2.75) is 25.4 Å². The van der Waals surface area contributed by atoms with Gasteiger partial charge in [-0.1, -0.05) is 30.3 Å². The van der Waals surface area contributed by atoms with Gasteiger partial charge in [0.1, 0.15) is 0 Å². The van der Waals surface area contributed by atoms with E-state index < -0.39 is 0 Å². The molecule has 4 heterocycles. The third kappa shape index (κ3) is 3.63. The Morgan fingerprint density at radius 1 is 1.07 bits per heavy atom. The highest BCUT2D eigenvalue weighted by Crippen LogP contribution is 2.34. The van der Waals surface area contributed by atoms with E-state index in [1.54, 1.807) is 23.0 Å². The maximum atomic E-state index is 12.7. The standard InChI is InChI=1S/C24H27N5O/c1-27-23(30)14-21(19-9-11-25-12-10-19)26-24(27)29-13-5-8-20-16-28(17-22(20)29)15-18-6-3-2-4-7-18/h2-4,6-7,9-12,14,20,22H,5,8,13,15-17H2,1H3/t20?,22-/m0/s1. The van der Waals surface area contributed by atoms with Gasteiger partial charge in [0, 0.05) is 63.3 Å². The van der Waals surface area contributed by atoms with E-state index in [-0.39, 0.29) is 5.56 Å². The molecule has 1 unspecified atom stereocenters. The fourth-order valence-corrected chi connectivity index (χ4v) is 4.94. The van der Waals surface area contributed by atoms with Gasteiger partial charge in [0.05, 0.1) is 5.69 Å². The van der Waals surface area contributed by atoms with E-state index in [1.807, 2.05) is 19.2 Å². The highest BCUT2D eigenvalue weighted by Gasteiger charge is 2.40. The number of piperidine rings is 1. The average molecular weight is 402 g/mol. The normalized spacial score (nSPS) is 21.6. The molecule has 6 nitrogen and oxygen atoms in total. The molecular formula is C24H27N5O. The molecule has 1 aromatic carbocycles. The van der Waals surface area contributed by atoms with Gasteiger partial charge in [0.25, 0.3) is 5.56 Å². The molecule has 2 aliphatic heterocycles. The quantitative estimate of drug-likeness (QED) is 0.673. The molecule has 3 aromatic rings. The van der Waals surface area contributed by atoms with Crippen molar-refractivity contribution < 1.29 is 0 Å². The summed E-state index contributed by atoms with van der Waals surface area (Å²) in [7, 11) is 1.83. The Kier molecular flexibility index (Phi) is 5.09. The molecule has 2 saturated heterocycles. The molecule has 0 bridgehead atoms. The van der Waals surface area contributed by atoms with E-state index in [2.05, 4.69) is 45.1 Å². The SMILES string of the molecule is Cn1c(N2CCCC3CN(Cc4ccccc4)C[C@@H]32)nc(-c2ccncc2)cc1=O. The van der Waals surface area contributed by atoms with Crippen LogP contribution in [-0.2, 0) is 13.6 Å². The third-order valence-corrected chi connectivity index (χ3v) is 6.45. The highest BCUT2D eigenvalue weighted by molar-refractivity contribution is 5.59. The van der Waals surface area contributed by atoms with Gasteiger partial charge < -0.3 is 4.90 Å². The van der Waals surface area contributed by atoms with E-state index >= 15 is 0 Å². The van der Waals surface area contributed by atoms with Crippen LogP contribution in [0.25, 0.3) is 11.3 Å². The van der Waals surface area contributed by atoms with Gasteiger partial charge in [0.2, 0.25) is 5.95 Å². The van der Waals surface area contributed by atoms with Crippen molar-refractivity contribution in [3.05, 3.63) is 76.8 Å². The van der Waals surface area contributed by atoms with Crippen molar-refractivity contribution in [3.8, 4) is 11.3 Å². The van der Waals surface area contributed by atoms with E-state index in [1.165, 1.54) is 12.0 Å². The molecule has 0 amide bonds. The predicted octanol–water partition coefficient (Wildman–Crippen LogP) is 2.94. The van der Waals surface area contributed by atoms with Gasteiger partial charge in [-0.2, -0.15) is 0 Å². The number of anilines is 1. The van der Waals surface area contributed by atoms with Crippen molar-refractivity contribution in [2.24, 2.45) is 13.0 Å². The van der Waals surface area contributed by atoms with Gasteiger partial charge in [-0.05, 0) is 36.5 Å². The number of likely N-dealkylation sites (tertiary alicyclic amines) is 1. The van der Waals surface area contributed by atoms with Crippen LogP contribution in [0, 0.1) is 5.92 Å². The molecule has 2 fully saturated rings. The van der Waals surface area contributed by atoms with Crippen LogP contribution >= 0.6 is 0 Å². The molecule has 0 N–H and O–H groups in total. The molecule has 2 aromatic heterocycles. The summed E-state index contributed by atoms with van der Waals surface area (Å²) in [5, 5.41) is 0. The Morgan fingerprint density at radius 2 is 1.87 bits per heavy atom. The first-order chi connectivity index (χ1) is 14.7. The fraction of sp³-hybridized carbons (Fsp3) is 0.375. The van der Waals surface area contributed by atoms with E-state index in [0.29, 0.717) is 12.0 Å². The zero-order valence-corrected chi connectivity index (χ0v) is 17.3. The molecule has 2 atom stereocenters. The summed E-state index contributed by atoms with van der Waals surface area (Å²) in [6.45, 7) is 4.04. The summed E-state index contributed by atoms with van der Waals surface area (Å²) < 4.78 is 1.70. The first-order valence-corrected chi connectivity index (χ1v) is 10.7. The smallest absolute Gasteiger partial charge is 0.255 e. The van der Waals surface area contributed by atoms with E-state index in [0.717, 1.165) is 49.8 Å². The number of hydrogen-bond acceptors (Lipinski definition) is 5. The summed E-state index contributed by atoms with van der Waals surface area (Å²) in [5.41, 5.74) is 2.98. The summed E-state index contributed by atoms with van der Waals surface area (Å²) >= 11 is 0. The highest BCUT2D eigenvalue weighted by atomic mass is 16.1. The zero-order chi connectivity index (χ0) is 20.5. The van der Waals surface area contributed by atoms with E-state index in [9.17, 15) is 4.79 Å². The molecule has 5 rings (SSSR count). The number of aromatic nitrogens is 3. The Labute approximate surface area is 176 Å². The van der Waals surface area contributed by atoms with Gasteiger partial charge in [-0.3, -0.25) is 19.2 Å². The Morgan fingerprint density at radius 3 is 2.67 bits per heavy atom. The molecule has 154 valence electrons. The molecule has 0 radical (unpaired) electrons. The van der Waals surface area contributed by atoms with Crippen LogP contribution in [0.15, 0.2) is 65.7 Å². The Balaban J connectivity index is 1.44. The van der Waals surface area contributed by atoms with Gasteiger partial charge in [-0.25, -0.2) is 4.98 Å². The van der Waals surface area contributed by atoms with Crippen LogP contribution in [-0.4, -0.2) is 45.1 Å². The van der Waals surface area contributed by atoms with Crippen molar-refractivity contribution in [3.63, 3.8) is 0 Å². The summed E-state index contributed by atoms with van der Waals surface area (Å²) in [5.74, 6) is 1.40. The second kappa shape index (κ2) is 8.03. The van der Waals surface area contributed by atoms with Gasteiger partial charge in [-0.15, -0.1) is 0 Å². The number of benzene rings is 1. The molecule has 0 aliphatic carbocycles. The lowest BCUT2D eigenvalue weighted by molar-refractivity contribution is 0.313. The van der Waals surface area contributed by atoms with Crippen molar-refractivity contribution in [2.75, 3.05) is 24.5 Å². The molecule has 6 heteroatoms. The number of fused-ring (bicyclic) bond motifs is 1. The number of nitrogens with zero attached hydrogens (tertiary/aromatic N) is 5. The minimum Gasteiger partial charge on any atom is -0.338 e. The van der Waals surface area contributed by atoms with Crippen molar-refractivity contribution in [1.29, 1.82) is 0 Å². The van der Waals surface area contributed by atoms with Crippen LogP contribution < -0.4 is 10.5 Å². The Bertz CT molecular complexity index is 1070. The maximum Gasteiger partial charge on any atom is 0.255 e.